The van der Waals surface area contributed by atoms with Gasteiger partial charge < -0.3 is 45.0 Å². The molecule has 62 heavy (non-hydrogen) atoms. The molecule has 354 valence electrons. The maximum absolute atomic E-state index is 12.8. The highest BCUT2D eigenvalue weighted by Crippen LogP contribution is 2.47. The molecular weight excluding hydrogens is 819 g/mol. The molecule has 0 heterocycles. The monoisotopic (exact) mass is 897 g/mol. The summed E-state index contributed by atoms with van der Waals surface area (Å²) < 4.78 is 33.4. The van der Waals surface area contributed by atoms with E-state index >= 15 is 0 Å². The molecule has 7 N–H and O–H groups in total. The average Bonchev–Trinajstić information content (AvgIpc) is 3.25. The molecule has 0 aromatic heterocycles. The van der Waals surface area contributed by atoms with Gasteiger partial charge >= 0.3 is 19.8 Å². The molecule has 0 bridgehead atoms. The van der Waals surface area contributed by atoms with Crippen LogP contribution in [-0.4, -0.2) is 110 Å². The Balaban J connectivity index is 2.55. The van der Waals surface area contributed by atoms with Gasteiger partial charge in [-0.2, -0.15) is 0 Å². The van der Waals surface area contributed by atoms with Gasteiger partial charge in [0.2, 0.25) is 0 Å². The number of hydrogen-bond acceptors (Lipinski definition) is 13. The van der Waals surface area contributed by atoms with Crippen LogP contribution in [0.2, 0.25) is 0 Å². The Kier molecular flexibility index (Phi) is 33.4. The first-order chi connectivity index (χ1) is 29.8. The van der Waals surface area contributed by atoms with Crippen molar-refractivity contribution in [2.75, 3.05) is 13.2 Å². The molecule has 0 aromatic carbocycles. The van der Waals surface area contributed by atoms with Gasteiger partial charge in [-0.15, -0.1) is 0 Å². The lowest BCUT2D eigenvalue weighted by Gasteiger charge is -2.41. The minimum Gasteiger partial charge on any atom is -0.462 e. The fourth-order valence-electron chi connectivity index (χ4n) is 6.17. The summed E-state index contributed by atoms with van der Waals surface area (Å²) in [5, 5.41) is 60.0. The van der Waals surface area contributed by atoms with Crippen LogP contribution >= 0.6 is 7.82 Å². The fraction of sp³-hybridized carbons (Fsp3) is 0.660. The molecule has 14 nitrogen and oxygen atoms in total. The van der Waals surface area contributed by atoms with Crippen LogP contribution in [-0.2, 0) is 32.7 Å². The molecule has 0 amide bonds. The highest BCUT2D eigenvalue weighted by molar-refractivity contribution is 7.47. The first-order valence-corrected chi connectivity index (χ1v) is 24.0. The van der Waals surface area contributed by atoms with Crippen LogP contribution in [0, 0.1) is 0 Å². The zero-order valence-electron chi connectivity index (χ0n) is 37.0. The highest BCUT2D eigenvalue weighted by Gasteiger charge is 2.51. The third kappa shape index (κ3) is 28.6. The minimum atomic E-state index is -5.15. The number of rotatable bonds is 35. The Hall–Kier alpha value is -3.01. The molecule has 9 atom stereocenters. The van der Waals surface area contributed by atoms with Gasteiger partial charge in [-0.3, -0.25) is 18.6 Å². The second kappa shape index (κ2) is 36.3. The van der Waals surface area contributed by atoms with E-state index in [1.807, 2.05) is 42.5 Å². The molecule has 0 aliphatic heterocycles. The van der Waals surface area contributed by atoms with Crippen molar-refractivity contribution >= 4 is 19.8 Å². The molecule has 0 spiro atoms. The molecule has 0 saturated heterocycles. The first kappa shape index (κ1) is 57.0. The number of aliphatic hydroxyl groups is 6. The summed E-state index contributed by atoms with van der Waals surface area (Å²) >= 11 is 0. The summed E-state index contributed by atoms with van der Waals surface area (Å²) in [6, 6.07) is 0. The normalized spacial score (nSPS) is 23.2. The maximum atomic E-state index is 12.8. The molecule has 1 rings (SSSR count). The Bertz CT molecular complexity index is 1420. The molecule has 0 aromatic rings. The zero-order chi connectivity index (χ0) is 45.9. The summed E-state index contributed by atoms with van der Waals surface area (Å²) in [7, 11) is -5.15. The lowest BCUT2D eigenvalue weighted by molar-refractivity contribution is -0.220. The van der Waals surface area contributed by atoms with Crippen LogP contribution < -0.4 is 0 Å². The minimum absolute atomic E-state index is 0.0514. The number of carbonyl (C=O) groups excluding carboxylic acids is 2. The molecule has 1 saturated carbocycles. The quantitative estimate of drug-likeness (QED) is 0.0108. The van der Waals surface area contributed by atoms with Crippen LogP contribution in [0.25, 0.3) is 0 Å². The van der Waals surface area contributed by atoms with Gasteiger partial charge in [-0.25, -0.2) is 4.57 Å². The molecular formula is C47H77O14P. The van der Waals surface area contributed by atoms with E-state index in [1.54, 1.807) is 6.08 Å². The van der Waals surface area contributed by atoms with E-state index in [9.17, 15) is 49.7 Å². The van der Waals surface area contributed by atoms with E-state index in [4.69, 9.17) is 18.5 Å². The van der Waals surface area contributed by atoms with Gasteiger partial charge in [0.1, 0.15) is 43.2 Å². The van der Waals surface area contributed by atoms with Crippen LogP contribution in [0.15, 0.2) is 85.1 Å². The fourth-order valence-corrected chi connectivity index (χ4v) is 7.14. The molecule has 1 aliphatic rings. The van der Waals surface area contributed by atoms with Crippen LogP contribution in [0.1, 0.15) is 136 Å². The molecule has 1 fully saturated rings. The van der Waals surface area contributed by atoms with Gasteiger partial charge in [0.05, 0.1) is 12.7 Å². The third-order valence-corrected chi connectivity index (χ3v) is 10.8. The van der Waals surface area contributed by atoms with Gasteiger partial charge in [-0.1, -0.05) is 137 Å². The van der Waals surface area contributed by atoms with Crippen molar-refractivity contribution in [3.05, 3.63) is 85.1 Å². The van der Waals surface area contributed by atoms with E-state index in [0.717, 1.165) is 89.9 Å². The van der Waals surface area contributed by atoms with E-state index in [2.05, 4.69) is 50.3 Å². The zero-order valence-corrected chi connectivity index (χ0v) is 37.9. The number of unbranched alkanes of at least 4 members (excludes halogenated alkanes) is 8. The number of carbonyl (C=O) groups is 2. The number of allylic oxidation sites excluding steroid dienone is 13. The predicted octanol–water partition coefficient (Wildman–Crippen LogP) is 7.47. The Morgan fingerprint density at radius 1 is 0.597 bits per heavy atom. The number of aliphatic hydroxyl groups excluding tert-OH is 6. The lowest BCUT2D eigenvalue weighted by atomic mass is 9.85. The second-order valence-corrected chi connectivity index (χ2v) is 16.8. The van der Waals surface area contributed by atoms with Gasteiger partial charge in [0, 0.05) is 12.8 Å². The molecule has 0 radical (unpaired) electrons. The van der Waals surface area contributed by atoms with Gasteiger partial charge in [0.15, 0.2) is 6.10 Å². The van der Waals surface area contributed by atoms with Gasteiger partial charge in [0.25, 0.3) is 0 Å². The topological polar surface area (TPSA) is 230 Å². The number of phosphoric ester groups is 1. The Morgan fingerprint density at radius 3 is 1.76 bits per heavy atom. The van der Waals surface area contributed by atoms with Gasteiger partial charge in [-0.05, 0) is 70.6 Å². The van der Waals surface area contributed by atoms with E-state index < -0.39 is 81.8 Å². The molecule has 1 aliphatic carbocycles. The largest absolute Gasteiger partial charge is 0.472 e. The molecule has 3 unspecified atom stereocenters. The summed E-state index contributed by atoms with van der Waals surface area (Å²) in [5.74, 6) is -1.22. The highest BCUT2D eigenvalue weighted by atomic mass is 31.2. The van der Waals surface area contributed by atoms with Crippen LogP contribution in [0.5, 0.6) is 0 Å². The summed E-state index contributed by atoms with van der Waals surface area (Å²) in [4.78, 5) is 35.6. The predicted molar refractivity (Wildman–Crippen MR) is 241 cm³/mol. The number of hydrogen-bond donors (Lipinski definition) is 7. The van der Waals surface area contributed by atoms with Crippen LogP contribution in [0.4, 0.5) is 0 Å². The Morgan fingerprint density at radius 2 is 1.13 bits per heavy atom. The Labute approximate surface area is 370 Å². The van der Waals surface area contributed by atoms with Crippen molar-refractivity contribution in [2.24, 2.45) is 0 Å². The smallest absolute Gasteiger partial charge is 0.462 e. The summed E-state index contributed by atoms with van der Waals surface area (Å²) in [6.07, 6.45) is 29.7. The van der Waals surface area contributed by atoms with E-state index in [1.165, 1.54) is 0 Å². The standard InChI is InChI=1S/C47H77O14P/c1-3-5-7-8-9-10-11-12-13-14-17-21-24-27-31-35-41(50)60-39(37-59-62(56,57)61-47-45(54)43(52)42(51)44(53)46(47)55)36-58-40(49)34-30-26-23-20-18-15-16-19-22-25-29-33-38(48)32-28-6-4-2/h5,7,9-10,12-13,15-16,20,22-23,25,29,33,38-39,42-48,51-55H,3-4,6,8,11,14,17-19,21,24,26-28,30-32,34-37H2,1-2H3,(H,56,57)/b7-5-,10-9-,13-12-,16-15-,23-20-,25-22-,33-29+/t38-,39-,42?,43-,44+,45-,46-,47?/m1/s1. The number of phosphoric acid groups is 1. The third-order valence-electron chi connectivity index (χ3n) is 9.82. The van der Waals surface area contributed by atoms with Crippen molar-refractivity contribution in [2.45, 2.75) is 185 Å². The number of esters is 2. The molecule has 15 heteroatoms. The maximum Gasteiger partial charge on any atom is 0.472 e. The SMILES string of the molecule is CC/C=C\C/C=C\C/C=C\CCCCCCCC(=O)O[C@H](COC(=O)CCC/C=C\C/C=C\C/C=C\C=C\[C@H](O)CCCCC)COP(=O)(O)OC1[C@H](O)[C@H](O)C(O)[C@H](O)[C@H]1O. The van der Waals surface area contributed by atoms with Crippen molar-refractivity contribution in [1.82, 2.24) is 0 Å². The van der Waals surface area contributed by atoms with Crippen molar-refractivity contribution in [1.29, 1.82) is 0 Å². The second-order valence-electron chi connectivity index (χ2n) is 15.4. The summed E-state index contributed by atoms with van der Waals surface area (Å²) in [5.41, 5.74) is 0. The van der Waals surface area contributed by atoms with E-state index in [0.29, 0.717) is 19.3 Å². The summed E-state index contributed by atoms with van der Waals surface area (Å²) in [6.45, 7) is 2.98. The van der Waals surface area contributed by atoms with Crippen molar-refractivity contribution < 1.29 is 68.2 Å². The van der Waals surface area contributed by atoms with E-state index in [-0.39, 0.29) is 12.8 Å². The lowest BCUT2D eigenvalue weighted by Crippen LogP contribution is -2.64. The first-order valence-electron chi connectivity index (χ1n) is 22.5. The van der Waals surface area contributed by atoms with Crippen LogP contribution in [0.3, 0.4) is 0 Å². The van der Waals surface area contributed by atoms with Crippen molar-refractivity contribution in [3.8, 4) is 0 Å². The van der Waals surface area contributed by atoms with Crippen molar-refractivity contribution in [3.63, 3.8) is 0 Å². The number of ether oxygens (including phenoxy) is 2. The average molecular weight is 897 g/mol.